The van der Waals surface area contributed by atoms with Gasteiger partial charge < -0.3 is 19.5 Å². The van der Waals surface area contributed by atoms with E-state index < -0.39 is 40.4 Å². The van der Waals surface area contributed by atoms with E-state index in [1.165, 1.54) is 32.4 Å². The molecule has 1 aromatic carbocycles. The van der Waals surface area contributed by atoms with Crippen LogP contribution in [-0.2, 0) is 23.8 Å². The highest BCUT2D eigenvalue weighted by Gasteiger charge is 2.98. The average Bonchev–Trinajstić information content (AvgIpc) is 3.18. The van der Waals surface area contributed by atoms with Crippen molar-refractivity contribution < 1.29 is 28.2 Å². The third-order valence-corrected chi connectivity index (χ3v) is 5.00. The second-order valence-electron chi connectivity index (χ2n) is 5.69. The maximum Gasteiger partial charge on any atom is 0.324 e. The molecule has 3 atom stereocenters. The number of esters is 1. The molecule has 0 bridgehead atoms. The molecule has 0 radical (unpaired) electrons. The molecule has 8 heteroatoms. The summed E-state index contributed by atoms with van der Waals surface area (Å²) < 4.78 is 29.0. The van der Waals surface area contributed by atoms with Crippen LogP contribution in [-0.4, -0.2) is 39.1 Å². The third-order valence-electron chi connectivity index (χ3n) is 5.00. The summed E-state index contributed by atoms with van der Waals surface area (Å²) in [7, 11) is 3.61. The zero-order valence-electron chi connectivity index (χ0n) is 13.3. The lowest BCUT2D eigenvalue weighted by Gasteiger charge is -2.32. The molecule has 1 N–H and O–H groups in total. The predicted octanol–water partition coefficient (Wildman–Crippen LogP) is 0.669. The summed E-state index contributed by atoms with van der Waals surface area (Å²) in [5.41, 5.74) is -3.27. The van der Waals surface area contributed by atoms with Crippen LogP contribution < -0.4 is 5.32 Å². The summed E-state index contributed by atoms with van der Waals surface area (Å²) in [5, 5.41) is 12.3. The first kappa shape index (κ1) is 16.4. The van der Waals surface area contributed by atoms with Crippen LogP contribution >= 0.6 is 0 Å². The molecule has 1 aromatic rings. The second kappa shape index (κ2) is 5.00. The Hall–Kier alpha value is -2.50. The molecule has 1 aliphatic heterocycles. The van der Waals surface area contributed by atoms with Gasteiger partial charge in [-0.15, -0.1) is 0 Å². The highest BCUT2D eigenvalue weighted by Crippen LogP contribution is 2.81. The molecule has 2 fully saturated rings. The Balaban J connectivity index is 2.29. The first-order valence-corrected chi connectivity index (χ1v) is 7.10. The van der Waals surface area contributed by atoms with Crippen molar-refractivity contribution in [2.24, 2.45) is 10.8 Å². The first-order chi connectivity index (χ1) is 11.4. The van der Waals surface area contributed by atoms with Gasteiger partial charge in [-0.1, -0.05) is 12.1 Å². The van der Waals surface area contributed by atoms with Gasteiger partial charge in [-0.2, -0.15) is 5.26 Å². The molecule has 0 spiro atoms. The molecule has 0 aromatic heterocycles. The number of rotatable bonds is 4. The minimum absolute atomic E-state index is 0.315. The zero-order valence-corrected chi connectivity index (χ0v) is 13.3. The number of benzene rings is 1. The molecule has 0 unspecified atom stereocenters. The minimum atomic E-state index is -1.86. The maximum absolute atomic E-state index is 13.7. The number of ether oxygens (including phenoxy) is 3. The number of carbonyl (C=O) groups is 2. The molecule has 1 heterocycles. The minimum Gasteiger partial charge on any atom is -0.468 e. The van der Waals surface area contributed by atoms with Gasteiger partial charge in [-0.05, 0) is 17.7 Å². The zero-order chi connectivity index (χ0) is 17.8. The number of amides is 1. The number of methoxy groups -OCH3 is 3. The molecule has 1 saturated carbocycles. The van der Waals surface area contributed by atoms with Crippen molar-refractivity contribution >= 4 is 11.9 Å². The Morgan fingerprint density at radius 1 is 1.33 bits per heavy atom. The largest absolute Gasteiger partial charge is 0.468 e. The van der Waals surface area contributed by atoms with E-state index in [0.29, 0.717) is 5.56 Å². The molecule has 126 valence electrons. The fourth-order valence-corrected chi connectivity index (χ4v) is 4.03. The van der Waals surface area contributed by atoms with Crippen LogP contribution in [0.25, 0.3) is 0 Å². The van der Waals surface area contributed by atoms with Crippen molar-refractivity contribution in [1.82, 2.24) is 5.32 Å². The van der Waals surface area contributed by atoms with Crippen molar-refractivity contribution in [2.45, 2.75) is 11.8 Å². The highest BCUT2D eigenvalue weighted by molar-refractivity contribution is 6.13. The molecular formula is C16H15FN2O5. The smallest absolute Gasteiger partial charge is 0.324 e. The van der Waals surface area contributed by atoms with Gasteiger partial charge in [0.1, 0.15) is 5.82 Å². The molecule has 1 aliphatic carbocycles. The van der Waals surface area contributed by atoms with Crippen molar-refractivity contribution in [1.29, 1.82) is 5.26 Å². The number of hydrogen-bond acceptors (Lipinski definition) is 6. The first-order valence-electron chi connectivity index (χ1n) is 7.10. The average molecular weight is 334 g/mol. The Bertz CT molecular complexity index is 772. The summed E-state index contributed by atoms with van der Waals surface area (Å²) >= 11 is 0. The van der Waals surface area contributed by atoms with Gasteiger partial charge in [0.15, 0.2) is 10.8 Å². The third kappa shape index (κ3) is 1.46. The number of piperidine rings is 1. The second-order valence-corrected chi connectivity index (χ2v) is 5.69. The van der Waals surface area contributed by atoms with Crippen LogP contribution in [0.5, 0.6) is 0 Å². The Labute approximate surface area is 137 Å². The van der Waals surface area contributed by atoms with Crippen LogP contribution in [0.2, 0.25) is 0 Å². The van der Waals surface area contributed by atoms with E-state index in [2.05, 4.69) is 5.32 Å². The standard InChI is InChI=1S/C16H15FN2O5/c1-22-13(21)15-11(9-5-4-6-10(17)7-9)14(15,8-18)16(23-2,24-3)19-12(15)20/h4-7,11H,1-3H3,(H,19,20)/t11-,14-,15-/m1/s1. The normalized spacial score (nSPS) is 32.5. The van der Waals surface area contributed by atoms with Gasteiger partial charge in [-0.3, -0.25) is 9.59 Å². The van der Waals surface area contributed by atoms with E-state index >= 15 is 0 Å². The number of hydrogen-bond donors (Lipinski definition) is 1. The van der Waals surface area contributed by atoms with Gasteiger partial charge >= 0.3 is 5.97 Å². The number of carbonyl (C=O) groups excluding carboxylic acids is 2. The van der Waals surface area contributed by atoms with E-state index in [1.54, 1.807) is 6.07 Å². The summed E-state index contributed by atoms with van der Waals surface area (Å²) in [6, 6.07) is 7.39. The van der Waals surface area contributed by atoms with E-state index in [-0.39, 0.29) is 0 Å². The molecule has 7 nitrogen and oxygen atoms in total. The van der Waals surface area contributed by atoms with Crippen LogP contribution in [0.3, 0.4) is 0 Å². The topological polar surface area (TPSA) is 97.7 Å². The van der Waals surface area contributed by atoms with E-state index in [0.717, 1.165) is 7.11 Å². The Kier molecular flexibility index (Phi) is 3.41. The van der Waals surface area contributed by atoms with Gasteiger partial charge in [0, 0.05) is 20.1 Å². The lowest BCUT2D eigenvalue weighted by molar-refractivity contribution is -0.248. The quantitative estimate of drug-likeness (QED) is 0.494. The number of fused-ring (bicyclic) bond motifs is 1. The van der Waals surface area contributed by atoms with Crippen LogP contribution in [0, 0.1) is 28.0 Å². The van der Waals surface area contributed by atoms with Crippen LogP contribution in [0.1, 0.15) is 11.5 Å². The van der Waals surface area contributed by atoms with Gasteiger partial charge in [-0.25, -0.2) is 4.39 Å². The fraction of sp³-hybridized carbons (Fsp3) is 0.438. The Morgan fingerprint density at radius 3 is 2.50 bits per heavy atom. The Morgan fingerprint density at radius 2 is 2.00 bits per heavy atom. The number of halogens is 1. The fourth-order valence-electron chi connectivity index (χ4n) is 4.03. The van der Waals surface area contributed by atoms with E-state index in [1.807, 2.05) is 6.07 Å². The molecule has 1 saturated heterocycles. The molecular weight excluding hydrogens is 319 g/mol. The predicted molar refractivity (Wildman–Crippen MR) is 76.5 cm³/mol. The summed E-state index contributed by atoms with van der Waals surface area (Å²) in [6.45, 7) is 0. The number of nitrogens with one attached hydrogen (secondary N) is 1. The SMILES string of the molecule is COC(=O)[C@@]12C(=O)NC(OC)(OC)[C@]1(C#N)[C@H]2c1cccc(F)c1. The molecule has 2 aliphatic rings. The highest BCUT2D eigenvalue weighted by atomic mass is 19.1. The van der Waals surface area contributed by atoms with Crippen LogP contribution in [0.4, 0.5) is 4.39 Å². The van der Waals surface area contributed by atoms with Gasteiger partial charge in [0.25, 0.3) is 5.91 Å². The summed E-state index contributed by atoms with van der Waals surface area (Å²) in [4.78, 5) is 25.2. The van der Waals surface area contributed by atoms with Crippen molar-refractivity contribution in [2.75, 3.05) is 21.3 Å². The van der Waals surface area contributed by atoms with Crippen molar-refractivity contribution in [3.8, 4) is 6.07 Å². The lowest BCUT2D eigenvalue weighted by Crippen LogP contribution is -2.54. The molecule has 3 rings (SSSR count). The number of nitriles is 1. The molecule has 24 heavy (non-hydrogen) atoms. The van der Waals surface area contributed by atoms with Gasteiger partial charge in [0.2, 0.25) is 5.91 Å². The van der Waals surface area contributed by atoms with Crippen LogP contribution in [0.15, 0.2) is 24.3 Å². The van der Waals surface area contributed by atoms with E-state index in [9.17, 15) is 19.2 Å². The van der Waals surface area contributed by atoms with Crippen molar-refractivity contribution in [3.05, 3.63) is 35.6 Å². The maximum atomic E-state index is 13.7. The summed E-state index contributed by atoms with van der Waals surface area (Å²) in [5.74, 6) is -5.01. The van der Waals surface area contributed by atoms with Crippen molar-refractivity contribution in [3.63, 3.8) is 0 Å². The monoisotopic (exact) mass is 334 g/mol. The molecule has 1 amide bonds. The lowest BCUT2D eigenvalue weighted by atomic mass is 9.94. The van der Waals surface area contributed by atoms with Gasteiger partial charge in [0.05, 0.1) is 13.2 Å². The number of nitrogens with zero attached hydrogens (tertiary/aromatic N) is 1. The van der Waals surface area contributed by atoms with E-state index in [4.69, 9.17) is 14.2 Å². The summed E-state index contributed by atoms with van der Waals surface area (Å²) in [6.07, 6.45) is 0.